The van der Waals surface area contributed by atoms with E-state index in [0.717, 1.165) is 5.69 Å². The first-order valence-corrected chi connectivity index (χ1v) is 6.45. The van der Waals surface area contributed by atoms with E-state index in [0.29, 0.717) is 25.9 Å². The summed E-state index contributed by atoms with van der Waals surface area (Å²) in [4.78, 5) is 13.4. The molecule has 1 aliphatic heterocycles. The summed E-state index contributed by atoms with van der Waals surface area (Å²) in [5.74, 6) is -0.991. The van der Waals surface area contributed by atoms with Crippen molar-refractivity contribution in [2.75, 3.05) is 18.0 Å². The Hall–Kier alpha value is -2.02. The van der Waals surface area contributed by atoms with Crippen LogP contribution in [0.3, 0.4) is 0 Å². The van der Waals surface area contributed by atoms with E-state index in [-0.39, 0.29) is 0 Å². The van der Waals surface area contributed by atoms with Gasteiger partial charge in [0.1, 0.15) is 0 Å². The van der Waals surface area contributed by atoms with Crippen LogP contribution >= 0.6 is 0 Å². The van der Waals surface area contributed by atoms with Crippen molar-refractivity contribution >= 4 is 11.7 Å². The molecule has 19 heavy (non-hydrogen) atoms. The van der Waals surface area contributed by atoms with Gasteiger partial charge in [-0.05, 0) is 49.9 Å². The van der Waals surface area contributed by atoms with Crippen molar-refractivity contribution in [2.24, 2.45) is 5.41 Å². The molecule has 1 aromatic carbocycles. The van der Waals surface area contributed by atoms with Crippen molar-refractivity contribution in [2.45, 2.75) is 26.7 Å². The molecule has 0 spiro atoms. The number of carboxylic acids is 1. The lowest BCUT2D eigenvalue weighted by Crippen LogP contribution is -2.43. The average molecular weight is 258 g/mol. The van der Waals surface area contributed by atoms with Gasteiger partial charge in [0.15, 0.2) is 5.41 Å². The summed E-state index contributed by atoms with van der Waals surface area (Å²) in [5.41, 5.74) is 2.39. The summed E-state index contributed by atoms with van der Waals surface area (Å²) in [5, 5.41) is 18.3. The number of hydrogen-bond donors (Lipinski definition) is 1. The van der Waals surface area contributed by atoms with Gasteiger partial charge in [0, 0.05) is 18.8 Å². The Labute approximate surface area is 113 Å². The molecule has 0 unspecified atom stereocenters. The number of nitrogens with zero attached hydrogens (tertiary/aromatic N) is 2. The summed E-state index contributed by atoms with van der Waals surface area (Å²) in [6, 6.07) is 8.24. The molecule has 0 amide bonds. The normalized spacial score (nSPS) is 17.8. The van der Waals surface area contributed by atoms with E-state index < -0.39 is 11.4 Å². The highest BCUT2D eigenvalue weighted by Crippen LogP contribution is 2.33. The fourth-order valence-corrected chi connectivity index (χ4v) is 2.44. The predicted octanol–water partition coefficient (Wildman–Crippen LogP) is 2.50. The maximum Gasteiger partial charge on any atom is 0.324 e. The van der Waals surface area contributed by atoms with E-state index in [1.807, 2.05) is 6.07 Å². The van der Waals surface area contributed by atoms with Gasteiger partial charge in [-0.1, -0.05) is 6.07 Å². The number of anilines is 1. The molecule has 4 heteroatoms. The number of piperidine rings is 1. The molecule has 1 N–H and O–H groups in total. The summed E-state index contributed by atoms with van der Waals surface area (Å²) in [6.07, 6.45) is 0.761. The van der Waals surface area contributed by atoms with E-state index in [2.05, 4.69) is 36.9 Å². The smallest absolute Gasteiger partial charge is 0.324 e. The zero-order valence-corrected chi connectivity index (χ0v) is 11.3. The van der Waals surface area contributed by atoms with E-state index in [1.54, 1.807) is 0 Å². The first kappa shape index (κ1) is 13.4. The highest BCUT2D eigenvalue weighted by atomic mass is 16.4. The maximum atomic E-state index is 11.2. The Kier molecular flexibility index (Phi) is 3.48. The topological polar surface area (TPSA) is 64.3 Å². The van der Waals surface area contributed by atoms with Gasteiger partial charge in [0.05, 0.1) is 6.07 Å². The second-order valence-electron chi connectivity index (χ2n) is 5.25. The van der Waals surface area contributed by atoms with Gasteiger partial charge in [-0.25, -0.2) is 0 Å². The second-order valence-corrected chi connectivity index (χ2v) is 5.25. The Bertz CT molecular complexity index is 538. The van der Waals surface area contributed by atoms with Crippen LogP contribution in [-0.2, 0) is 4.79 Å². The van der Waals surface area contributed by atoms with Crippen molar-refractivity contribution in [3.63, 3.8) is 0 Å². The number of carboxylic acid groups (broad SMARTS) is 1. The standard InChI is InChI=1S/C15H18N2O2/c1-11-3-4-13(9-12(11)2)17-7-5-15(10-16,6-8-17)14(18)19/h3-4,9H,5-8H2,1-2H3,(H,18,19). The number of hydrogen-bond acceptors (Lipinski definition) is 3. The molecular formula is C15H18N2O2. The van der Waals surface area contributed by atoms with E-state index in [1.165, 1.54) is 11.1 Å². The lowest BCUT2D eigenvalue weighted by atomic mass is 9.80. The summed E-state index contributed by atoms with van der Waals surface area (Å²) in [7, 11) is 0. The van der Waals surface area contributed by atoms with Gasteiger partial charge >= 0.3 is 5.97 Å². The molecule has 100 valence electrons. The van der Waals surface area contributed by atoms with Gasteiger partial charge in [-0.2, -0.15) is 5.26 Å². The Morgan fingerprint density at radius 2 is 1.95 bits per heavy atom. The van der Waals surface area contributed by atoms with Crippen LogP contribution in [-0.4, -0.2) is 24.2 Å². The Balaban J connectivity index is 2.14. The van der Waals surface area contributed by atoms with Crippen LogP contribution in [0, 0.1) is 30.6 Å². The molecule has 1 saturated heterocycles. The van der Waals surface area contributed by atoms with Crippen LogP contribution < -0.4 is 4.90 Å². The highest BCUT2D eigenvalue weighted by Gasteiger charge is 2.42. The Morgan fingerprint density at radius 3 is 2.42 bits per heavy atom. The zero-order valence-electron chi connectivity index (χ0n) is 11.3. The quantitative estimate of drug-likeness (QED) is 0.885. The molecule has 0 aromatic heterocycles. The van der Waals surface area contributed by atoms with Crippen LogP contribution in [0.4, 0.5) is 5.69 Å². The monoisotopic (exact) mass is 258 g/mol. The SMILES string of the molecule is Cc1ccc(N2CCC(C#N)(C(=O)O)CC2)cc1C. The third-order valence-corrected chi connectivity index (χ3v) is 4.10. The van der Waals surface area contributed by atoms with Gasteiger partial charge in [-0.3, -0.25) is 4.79 Å². The third-order valence-electron chi connectivity index (χ3n) is 4.10. The van der Waals surface area contributed by atoms with Gasteiger partial charge in [0.2, 0.25) is 0 Å². The van der Waals surface area contributed by atoms with E-state index >= 15 is 0 Å². The number of carbonyl (C=O) groups is 1. The molecule has 2 rings (SSSR count). The molecular weight excluding hydrogens is 240 g/mol. The molecule has 1 aliphatic rings. The minimum atomic E-state index is -1.20. The summed E-state index contributed by atoms with van der Waals surface area (Å²) in [6.45, 7) is 5.37. The number of aliphatic carboxylic acids is 1. The minimum absolute atomic E-state index is 0.381. The van der Waals surface area contributed by atoms with Crippen LogP contribution in [0.15, 0.2) is 18.2 Å². The van der Waals surface area contributed by atoms with Crippen LogP contribution in [0.5, 0.6) is 0 Å². The number of nitriles is 1. The minimum Gasteiger partial charge on any atom is -0.480 e. The molecule has 0 saturated carbocycles. The average Bonchev–Trinajstić information content (AvgIpc) is 2.42. The number of benzene rings is 1. The van der Waals surface area contributed by atoms with Gasteiger partial charge in [0.25, 0.3) is 0 Å². The van der Waals surface area contributed by atoms with Crippen LogP contribution in [0.1, 0.15) is 24.0 Å². The first-order valence-electron chi connectivity index (χ1n) is 6.45. The number of aryl methyl sites for hydroxylation is 2. The predicted molar refractivity (Wildman–Crippen MR) is 73.0 cm³/mol. The zero-order chi connectivity index (χ0) is 14.0. The Morgan fingerprint density at radius 1 is 1.32 bits per heavy atom. The molecule has 0 radical (unpaired) electrons. The fourth-order valence-electron chi connectivity index (χ4n) is 2.44. The van der Waals surface area contributed by atoms with Crippen molar-refractivity contribution in [1.29, 1.82) is 5.26 Å². The molecule has 0 atom stereocenters. The van der Waals surface area contributed by atoms with Crippen molar-refractivity contribution in [1.82, 2.24) is 0 Å². The molecule has 1 fully saturated rings. The van der Waals surface area contributed by atoms with Crippen LogP contribution in [0.25, 0.3) is 0 Å². The lowest BCUT2D eigenvalue weighted by molar-refractivity contribution is -0.146. The molecule has 0 aliphatic carbocycles. The van der Waals surface area contributed by atoms with Crippen molar-refractivity contribution in [3.8, 4) is 6.07 Å². The third kappa shape index (κ3) is 2.41. The second kappa shape index (κ2) is 4.93. The van der Waals surface area contributed by atoms with Gasteiger partial charge < -0.3 is 10.0 Å². The lowest BCUT2D eigenvalue weighted by Gasteiger charge is -2.36. The first-order chi connectivity index (χ1) is 8.98. The molecule has 4 nitrogen and oxygen atoms in total. The molecule has 0 bridgehead atoms. The van der Waals surface area contributed by atoms with E-state index in [4.69, 9.17) is 5.26 Å². The largest absolute Gasteiger partial charge is 0.480 e. The summed E-state index contributed by atoms with van der Waals surface area (Å²) >= 11 is 0. The van der Waals surface area contributed by atoms with E-state index in [9.17, 15) is 9.90 Å². The van der Waals surface area contributed by atoms with Crippen molar-refractivity contribution < 1.29 is 9.90 Å². The fraction of sp³-hybridized carbons (Fsp3) is 0.467. The molecule has 1 heterocycles. The number of rotatable bonds is 2. The van der Waals surface area contributed by atoms with Crippen LogP contribution in [0.2, 0.25) is 0 Å². The maximum absolute atomic E-state index is 11.2. The highest BCUT2D eigenvalue weighted by molar-refractivity contribution is 5.78. The molecule has 1 aromatic rings. The van der Waals surface area contributed by atoms with Gasteiger partial charge in [-0.15, -0.1) is 0 Å². The summed E-state index contributed by atoms with van der Waals surface area (Å²) < 4.78 is 0. The van der Waals surface area contributed by atoms with Crippen molar-refractivity contribution in [3.05, 3.63) is 29.3 Å².